The lowest BCUT2D eigenvalue weighted by molar-refractivity contribution is -0.121. The zero-order valence-electron chi connectivity index (χ0n) is 21.5. The fourth-order valence-corrected chi connectivity index (χ4v) is 3.99. The van der Waals surface area contributed by atoms with Crippen molar-refractivity contribution < 1.29 is 14.0 Å². The van der Waals surface area contributed by atoms with Crippen molar-refractivity contribution >= 4 is 41.2 Å². The Kier molecular flexibility index (Phi) is 13.3. The Morgan fingerprint density at radius 1 is 1.17 bits per heavy atom. The molecule has 0 radical (unpaired) electrons. The molecule has 0 spiro atoms. The van der Waals surface area contributed by atoms with Gasteiger partial charge in [0.05, 0.1) is 5.02 Å². The number of likely N-dealkylation sites (N-methyl/N-ethyl adjacent to an activating group) is 1. The van der Waals surface area contributed by atoms with Gasteiger partial charge < -0.3 is 15.5 Å². The molecule has 2 aromatic rings. The molecule has 2 amide bonds. The Morgan fingerprint density at radius 2 is 1.80 bits per heavy atom. The average Bonchev–Trinajstić information content (AvgIpc) is 2.79. The molecule has 0 aromatic heterocycles. The van der Waals surface area contributed by atoms with Crippen molar-refractivity contribution in [3.05, 3.63) is 63.9 Å². The zero-order chi connectivity index (χ0) is 26.6. The van der Waals surface area contributed by atoms with Crippen molar-refractivity contribution in [2.45, 2.75) is 46.5 Å². The van der Waals surface area contributed by atoms with Crippen molar-refractivity contribution in [2.24, 2.45) is 11.3 Å². The van der Waals surface area contributed by atoms with Crippen LogP contribution in [0.2, 0.25) is 10.0 Å². The van der Waals surface area contributed by atoms with Crippen molar-refractivity contribution in [1.82, 2.24) is 10.2 Å². The molecular formula is C27H38Cl2FN3O2. The van der Waals surface area contributed by atoms with Crippen molar-refractivity contribution in [3.8, 4) is 0 Å². The van der Waals surface area contributed by atoms with Crippen LogP contribution in [0.5, 0.6) is 0 Å². The first-order valence-electron chi connectivity index (χ1n) is 11.7. The number of nitrogens with zero attached hydrogens (tertiary/aromatic N) is 1. The molecule has 2 aromatic carbocycles. The lowest BCUT2D eigenvalue weighted by atomic mass is 9.78. The van der Waals surface area contributed by atoms with Gasteiger partial charge in [0.2, 0.25) is 12.3 Å². The zero-order valence-corrected chi connectivity index (χ0v) is 23.0. The van der Waals surface area contributed by atoms with E-state index in [1.807, 2.05) is 14.0 Å². The minimum Gasteiger partial charge on any atom is -0.362 e. The number of carbonyl (C=O) groups is 2. The highest BCUT2D eigenvalue weighted by Crippen LogP contribution is 2.36. The van der Waals surface area contributed by atoms with E-state index in [2.05, 4.69) is 36.3 Å². The van der Waals surface area contributed by atoms with E-state index in [0.29, 0.717) is 35.6 Å². The maximum Gasteiger partial charge on any atom is 0.228 e. The molecule has 0 aliphatic carbocycles. The summed E-state index contributed by atoms with van der Waals surface area (Å²) in [5.74, 6) is -1.36. The van der Waals surface area contributed by atoms with Gasteiger partial charge in [-0.2, -0.15) is 0 Å². The lowest BCUT2D eigenvalue weighted by Gasteiger charge is -2.32. The van der Waals surface area contributed by atoms with Crippen molar-refractivity contribution in [1.29, 1.82) is 0 Å². The maximum absolute atomic E-state index is 15.1. The van der Waals surface area contributed by atoms with Crippen LogP contribution in [0.25, 0.3) is 0 Å². The van der Waals surface area contributed by atoms with Crippen LogP contribution in [0, 0.1) is 17.2 Å². The van der Waals surface area contributed by atoms with E-state index in [9.17, 15) is 4.79 Å². The molecule has 5 nitrogen and oxygen atoms in total. The molecule has 0 heterocycles. The van der Waals surface area contributed by atoms with Gasteiger partial charge in [-0.05, 0) is 61.7 Å². The van der Waals surface area contributed by atoms with Crippen molar-refractivity contribution in [3.63, 3.8) is 0 Å². The second-order valence-electron chi connectivity index (χ2n) is 9.72. The summed E-state index contributed by atoms with van der Waals surface area (Å²) in [7, 11) is 3.54. The van der Waals surface area contributed by atoms with E-state index >= 15 is 4.39 Å². The van der Waals surface area contributed by atoms with Gasteiger partial charge in [-0.15, -0.1) is 0 Å². The molecule has 0 saturated carbocycles. The number of hydrogen-bond acceptors (Lipinski definition) is 3. The Hall–Kier alpha value is -2.15. The van der Waals surface area contributed by atoms with Crippen LogP contribution in [0.1, 0.15) is 52.0 Å². The summed E-state index contributed by atoms with van der Waals surface area (Å²) in [6, 6.07) is 12.1. The van der Waals surface area contributed by atoms with Gasteiger partial charge in [0.25, 0.3) is 0 Å². The smallest absolute Gasteiger partial charge is 0.228 e. The average molecular weight is 527 g/mol. The number of carbonyl (C=O) groups excluding carboxylic acids is 2. The SMILES string of the molecule is CCN(C)CC(c1cccc(Cl)c1F)C(CCC(C)(C)C)C(=O)Nc1cccc(Cl)c1.CNC=O. The number of anilines is 1. The maximum atomic E-state index is 15.1. The van der Waals surface area contributed by atoms with Gasteiger partial charge in [-0.25, -0.2) is 4.39 Å². The Bertz CT molecular complexity index is 950. The molecule has 2 rings (SSSR count). The number of amides is 2. The van der Waals surface area contributed by atoms with Crippen LogP contribution in [0.15, 0.2) is 42.5 Å². The predicted octanol–water partition coefficient (Wildman–Crippen LogP) is 6.61. The van der Waals surface area contributed by atoms with Crippen LogP contribution >= 0.6 is 23.2 Å². The molecule has 194 valence electrons. The predicted molar refractivity (Wildman–Crippen MR) is 145 cm³/mol. The van der Waals surface area contributed by atoms with E-state index in [0.717, 1.165) is 13.0 Å². The third kappa shape index (κ3) is 11.0. The number of hydrogen-bond donors (Lipinski definition) is 2. The first-order valence-corrected chi connectivity index (χ1v) is 12.5. The van der Waals surface area contributed by atoms with Crippen LogP contribution in [0.3, 0.4) is 0 Å². The van der Waals surface area contributed by atoms with Gasteiger partial charge in [-0.1, -0.05) is 69.1 Å². The summed E-state index contributed by atoms with van der Waals surface area (Å²) < 4.78 is 15.1. The molecule has 2 atom stereocenters. The van der Waals surface area contributed by atoms with Gasteiger partial charge in [0.1, 0.15) is 5.82 Å². The number of benzene rings is 2. The minimum absolute atomic E-state index is 0.0443. The van der Waals surface area contributed by atoms with Crippen molar-refractivity contribution in [2.75, 3.05) is 32.5 Å². The van der Waals surface area contributed by atoms with Gasteiger partial charge in [0.15, 0.2) is 0 Å². The normalized spacial score (nSPS) is 12.9. The Morgan fingerprint density at radius 3 is 2.34 bits per heavy atom. The van der Waals surface area contributed by atoms with Crippen LogP contribution in [0.4, 0.5) is 10.1 Å². The van der Waals surface area contributed by atoms with E-state index in [4.69, 9.17) is 28.0 Å². The quantitative estimate of drug-likeness (QED) is 0.343. The minimum atomic E-state index is -0.449. The second kappa shape index (κ2) is 15.1. The summed E-state index contributed by atoms with van der Waals surface area (Å²) in [6.45, 7) is 9.82. The fraction of sp³-hybridized carbons (Fsp3) is 0.481. The molecule has 8 heteroatoms. The van der Waals surface area contributed by atoms with Crippen LogP contribution < -0.4 is 10.6 Å². The standard InChI is InChI=1S/C25H33Cl2FN2O.C2H5NO/c1-6-30(5)16-21(19-11-8-12-22(27)23(19)28)20(13-14-25(2,3)4)24(31)29-18-10-7-9-17(26)15-18;1-3-2-4/h7-12,15,20-21H,6,13-14,16H2,1-5H3,(H,29,31);2H,1H3,(H,3,4). The highest BCUT2D eigenvalue weighted by molar-refractivity contribution is 6.31. The third-order valence-electron chi connectivity index (χ3n) is 5.67. The fourth-order valence-electron chi connectivity index (χ4n) is 3.62. The van der Waals surface area contributed by atoms with E-state index in [-0.39, 0.29) is 22.3 Å². The number of rotatable bonds is 10. The molecule has 0 fully saturated rings. The summed E-state index contributed by atoms with van der Waals surface area (Å²) >= 11 is 12.2. The molecular weight excluding hydrogens is 488 g/mol. The van der Waals surface area contributed by atoms with Crippen LogP contribution in [-0.2, 0) is 9.59 Å². The van der Waals surface area contributed by atoms with E-state index in [1.165, 1.54) is 6.07 Å². The Balaban J connectivity index is 0.00000142. The monoisotopic (exact) mass is 525 g/mol. The molecule has 2 N–H and O–H groups in total. The first kappa shape index (κ1) is 30.9. The molecule has 0 bridgehead atoms. The number of halogens is 3. The molecule has 35 heavy (non-hydrogen) atoms. The summed E-state index contributed by atoms with van der Waals surface area (Å²) in [6.07, 6.45) is 2.08. The van der Waals surface area contributed by atoms with Gasteiger partial charge in [-0.3, -0.25) is 9.59 Å². The summed E-state index contributed by atoms with van der Waals surface area (Å²) in [5.41, 5.74) is 1.16. The first-order chi connectivity index (χ1) is 16.4. The van der Waals surface area contributed by atoms with Crippen LogP contribution in [-0.4, -0.2) is 44.4 Å². The summed E-state index contributed by atoms with van der Waals surface area (Å²) in [5, 5.41) is 5.87. The van der Waals surface area contributed by atoms with Gasteiger partial charge in [0, 0.05) is 36.1 Å². The highest BCUT2D eigenvalue weighted by Gasteiger charge is 2.33. The van der Waals surface area contributed by atoms with E-state index in [1.54, 1.807) is 43.4 Å². The van der Waals surface area contributed by atoms with Gasteiger partial charge >= 0.3 is 0 Å². The number of nitrogens with one attached hydrogen (secondary N) is 2. The molecule has 2 unspecified atom stereocenters. The highest BCUT2D eigenvalue weighted by atomic mass is 35.5. The molecule has 0 aliphatic rings. The topological polar surface area (TPSA) is 61.4 Å². The summed E-state index contributed by atoms with van der Waals surface area (Å²) in [4.78, 5) is 24.7. The molecule has 0 aliphatic heterocycles. The second-order valence-corrected chi connectivity index (χ2v) is 10.6. The Labute approximate surface area is 219 Å². The van der Waals surface area contributed by atoms with E-state index < -0.39 is 11.7 Å². The largest absolute Gasteiger partial charge is 0.362 e. The third-order valence-corrected chi connectivity index (χ3v) is 6.19. The molecule has 0 saturated heterocycles. The lowest BCUT2D eigenvalue weighted by Crippen LogP contribution is -2.36.